The van der Waals surface area contributed by atoms with Gasteiger partial charge in [-0.25, -0.2) is 23.5 Å². The van der Waals surface area contributed by atoms with Crippen LogP contribution in [0.15, 0.2) is 28.5 Å². The molecule has 3 aromatic rings. The van der Waals surface area contributed by atoms with Gasteiger partial charge in [0.1, 0.15) is 15.8 Å². The Morgan fingerprint density at radius 3 is 2.68 bits per heavy atom. The molecule has 0 radical (unpaired) electrons. The second-order valence-corrected chi connectivity index (χ2v) is 8.65. The zero-order valence-corrected chi connectivity index (χ0v) is 14.6. The van der Waals surface area contributed by atoms with Crippen LogP contribution in [-0.2, 0) is 10.0 Å². The Labute approximate surface area is 147 Å². The van der Waals surface area contributed by atoms with Crippen molar-refractivity contribution in [2.24, 2.45) is 5.14 Å². The number of aromatic nitrogens is 4. The monoisotopic (exact) mass is 377 g/mol. The number of rotatable bonds is 5. The van der Waals surface area contributed by atoms with E-state index in [9.17, 15) is 8.42 Å². The molecule has 1 aliphatic carbocycles. The predicted octanol–water partition coefficient (Wildman–Crippen LogP) is 1.78. The summed E-state index contributed by atoms with van der Waals surface area (Å²) < 4.78 is 22.9. The molecule has 6 N–H and O–H groups in total. The van der Waals surface area contributed by atoms with Crippen LogP contribution in [0.5, 0.6) is 0 Å². The number of nitrogen functional groups attached to an aromatic ring is 1. The number of thiophene rings is 1. The van der Waals surface area contributed by atoms with Crippen LogP contribution in [0, 0.1) is 0 Å². The molecule has 0 saturated heterocycles. The van der Waals surface area contributed by atoms with Crippen molar-refractivity contribution < 1.29 is 8.42 Å². The highest BCUT2D eigenvalue weighted by Gasteiger charge is 2.25. The topological polar surface area (TPSA) is 153 Å². The second kappa shape index (κ2) is 5.79. The Kier molecular flexibility index (Phi) is 3.71. The molecule has 3 heterocycles. The number of H-pyrrole nitrogens is 1. The first-order chi connectivity index (χ1) is 11.9. The van der Waals surface area contributed by atoms with Crippen LogP contribution in [0.2, 0.25) is 0 Å². The van der Waals surface area contributed by atoms with Crippen molar-refractivity contribution in [3.05, 3.63) is 30.0 Å². The number of nitrogens with zero attached hydrogens (tertiary/aromatic N) is 3. The SMILES string of the molecule is Nc1cc(Nc2cc(C3CC3)[nH]n2)nc(-c2ccc(S(N)(=O)=O)s2)n1. The van der Waals surface area contributed by atoms with E-state index in [2.05, 4.69) is 25.5 Å². The fraction of sp³-hybridized carbons (Fsp3) is 0.214. The van der Waals surface area contributed by atoms with Gasteiger partial charge in [-0.15, -0.1) is 11.3 Å². The lowest BCUT2D eigenvalue weighted by molar-refractivity contribution is 0.600. The minimum absolute atomic E-state index is 0.0458. The summed E-state index contributed by atoms with van der Waals surface area (Å²) in [6.45, 7) is 0. The Morgan fingerprint density at radius 2 is 2.00 bits per heavy atom. The van der Waals surface area contributed by atoms with Crippen molar-refractivity contribution >= 4 is 38.8 Å². The van der Waals surface area contributed by atoms with Crippen LogP contribution in [0.3, 0.4) is 0 Å². The van der Waals surface area contributed by atoms with Crippen molar-refractivity contribution in [1.29, 1.82) is 0 Å². The van der Waals surface area contributed by atoms with Gasteiger partial charge >= 0.3 is 0 Å². The summed E-state index contributed by atoms with van der Waals surface area (Å²) in [4.78, 5) is 9.10. The number of nitrogens with two attached hydrogens (primary N) is 2. The minimum atomic E-state index is -3.76. The molecular formula is C14H15N7O2S2. The van der Waals surface area contributed by atoms with Gasteiger partial charge in [0.15, 0.2) is 11.6 Å². The van der Waals surface area contributed by atoms with Gasteiger partial charge in [0.2, 0.25) is 10.0 Å². The Morgan fingerprint density at radius 1 is 1.20 bits per heavy atom. The molecule has 11 heteroatoms. The maximum absolute atomic E-state index is 11.4. The third-order valence-corrected chi connectivity index (χ3v) is 6.22. The smallest absolute Gasteiger partial charge is 0.247 e. The largest absolute Gasteiger partial charge is 0.384 e. The summed E-state index contributed by atoms with van der Waals surface area (Å²) in [5.74, 6) is 2.26. The van der Waals surface area contributed by atoms with Crippen molar-refractivity contribution in [3.63, 3.8) is 0 Å². The Balaban J connectivity index is 1.62. The van der Waals surface area contributed by atoms with Gasteiger partial charge in [-0.1, -0.05) is 0 Å². The second-order valence-electron chi connectivity index (χ2n) is 5.77. The van der Waals surface area contributed by atoms with Crippen molar-refractivity contribution in [2.45, 2.75) is 23.0 Å². The van der Waals surface area contributed by atoms with E-state index in [0.717, 1.165) is 17.0 Å². The highest BCUT2D eigenvalue weighted by atomic mass is 32.2. The lowest BCUT2D eigenvalue weighted by atomic mass is 10.3. The Bertz CT molecular complexity index is 1040. The highest BCUT2D eigenvalue weighted by Crippen LogP contribution is 2.39. The number of hydrogen-bond acceptors (Lipinski definition) is 8. The average Bonchev–Trinajstić information content (AvgIpc) is 3.07. The van der Waals surface area contributed by atoms with Crippen molar-refractivity contribution in [3.8, 4) is 10.7 Å². The molecule has 0 bridgehead atoms. The summed E-state index contributed by atoms with van der Waals surface area (Å²) in [5, 5.41) is 15.4. The normalized spacial score (nSPS) is 14.6. The zero-order valence-electron chi connectivity index (χ0n) is 12.9. The molecule has 0 aliphatic heterocycles. The standard InChI is InChI=1S/C14H15N7O2S2/c15-10-6-11(18-12-5-8(20-21-12)7-1-2-7)19-14(17-10)9-3-4-13(24-9)25(16,22)23/h3-7H,1-2H2,(H2,16,22,23)(H4,15,17,18,19,20,21). The first kappa shape index (κ1) is 16.0. The van der Waals surface area contributed by atoms with Crippen LogP contribution in [0.4, 0.5) is 17.5 Å². The maximum atomic E-state index is 11.4. The molecule has 9 nitrogen and oxygen atoms in total. The van der Waals surface area contributed by atoms with Crippen LogP contribution in [0.25, 0.3) is 10.7 Å². The summed E-state index contributed by atoms with van der Waals surface area (Å²) in [6, 6.07) is 6.55. The van der Waals surface area contributed by atoms with Gasteiger partial charge in [-0.2, -0.15) is 5.10 Å². The van der Waals surface area contributed by atoms with Crippen LogP contribution in [-0.4, -0.2) is 28.6 Å². The van der Waals surface area contributed by atoms with E-state index in [0.29, 0.717) is 28.3 Å². The summed E-state index contributed by atoms with van der Waals surface area (Å²) in [5.41, 5.74) is 6.95. The molecule has 0 atom stereocenters. The van der Waals surface area contributed by atoms with E-state index in [-0.39, 0.29) is 10.0 Å². The van der Waals surface area contributed by atoms with Gasteiger partial charge in [0.05, 0.1) is 4.88 Å². The fourth-order valence-corrected chi connectivity index (χ4v) is 4.03. The third-order valence-electron chi connectivity index (χ3n) is 3.70. The zero-order chi connectivity index (χ0) is 17.6. The molecule has 1 fully saturated rings. The third kappa shape index (κ3) is 3.48. The summed E-state index contributed by atoms with van der Waals surface area (Å²) >= 11 is 0.990. The van der Waals surface area contributed by atoms with Crippen LogP contribution >= 0.6 is 11.3 Å². The van der Waals surface area contributed by atoms with Crippen molar-refractivity contribution in [1.82, 2.24) is 20.2 Å². The maximum Gasteiger partial charge on any atom is 0.247 e. The number of hydrogen-bond donors (Lipinski definition) is 4. The molecule has 1 aliphatic rings. The molecule has 4 rings (SSSR count). The van der Waals surface area contributed by atoms with E-state index >= 15 is 0 Å². The molecule has 0 unspecified atom stereocenters. The number of nitrogens with one attached hydrogen (secondary N) is 2. The average molecular weight is 377 g/mol. The van der Waals surface area contributed by atoms with Gasteiger partial charge in [0.25, 0.3) is 0 Å². The lowest BCUT2D eigenvalue weighted by Gasteiger charge is -2.05. The predicted molar refractivity (Wildman–Crippen MR) is 95.0 cm³/mol. The van der Waals surface area contributed by atoms with Crippen LogP contribution < -0.4 is 16.2 Å². The van der Waals surface area contributed by atoms with Gasteiger partial charge in [0, 0.05) is 23.7 Å². The molecule has 130 valence electrons. The first-order valence-electron chi connectivity index (χ1n) is 7.48. The minimum Gasteiger partial charge on any atom is -0.384 e. The molecule has 1 saturated carbocycles. The van der Waals surface area contributed by atoms with E-state index in [4.69, 9.17) is 10.9 Å². The van der Waals surface area contributed by atoms with E-state index in [1.807, 2.05) is 6.07 Å². The Hall–Kier alpha value is -2.50. The number of aromatic amines is 1. The van der Waals surface area contributed by atoms with Gasteiger partial charge < -0.3 is 11.1 Å². The first-order valence-corrected chi connectivity index (χ1v) is 9.85. The van der Waals surface area contributed by atoms with Crippen molar-refractivity contribution in [2.75, 3.05) is 11.1 Å². The fourth-order valence-electron chi connectivity index (χ4n) is 2.37. The van der Waals surface area contributed by atoms with E-state index in [1.54, 1.807) is 12.1 Å². The molecular weight excluding hydrogens is 362 g/mol. The molecule has 25 heavy (non-hydrogen) atoms. The molecule has 0 amide bonds. The van der Waals surface area contributed by atoms with Gasteiger partial charge in [-0.3, -0.25) is 5.10 Å². The number of sulfonamides is 1. The molecule has 3 aromatic heterocycles. The molecule has 0 spiro atoms. The summed E-state index contributed by atoms with van der Waals surface area (Å²) in [7, 11) is -3.76. The number of anilines is 3. The summed E-state index contributed by atoms with van der Waals surface area (Å²) in [6.07, 6.45) is 2.36. The van der Waals surface area contributed by atoms with Crippen LogP contribution in [0.1, 0.15) is 24.5 Å². The van der Waals surface area contributed by atoms with Gasteiger partial charge in [-0.05, 0) is 25.0 Å². The van der Waals surface area contributed by atoms with E-state index < -0.39 is 10.0 Å². The lowest BCUT2D eigenvalue weighted by Crippen LogP contribution is -2.09. The number of primary sulfonamides is 1. The molecule has 0 aromatic carbocycles. The quantitative estimate of drug-likeness (QED) is 0.528. The van der Waals surface area contributed by atoms with E-state index in [1.165, 1.54) is 18.9 Å². The highest BCUT2D eigenvalue weighted by molar-refractivity contribution is 7.91.